The standard InChI is InChI=1S/C16H17NO4S2/c18-16(19)12-13-6-8-14(9-7-13)22-11-10-17-23(20,21)15-4-2-1-3-5-15/h1-9,17H,10-12H2,(H,18,19). The van der Waals surface area contributed by atoms with E-state index in [9.17, 15) is 13.2 Å². The van der Waals surface area contributed by atoms with E-state index in [1.54, 1.807) is 42.5 Å². The molecule has 0 spiro atoms. The molecule has 0 fully saturated rings. The van der Waals surface area contributed by atoms with E-state index in [-0.39, 0.29) is 11.3 Å². The van der Waals surface area contributed by atoms with Gasteiger partial charge in [-0.25, -0.2) is 13.1 Å². The maximum absolute atomic E-state index is 12.0. The van der Waals surface area contributed by atoms with Crippen LogP contribution in [0.4, 0.5) is 0 Å². The Morgan fingerprint density at radius 1 is 1.04 bits per heavy atom. The highest BCUT2D eigenvalue weighted by molar-refractivity contribution is 7.99. The topological polar surface area (TPSA) is 83.5 Å². The van der Waals surface area contributed by atoms with Crippen molar-refractivity contribution in [1.29, 1.82) is 0 Å². The minimum atomic E-state index is -3.46. The fraction of sp³-hybridized carbons (Fsp3) is 0.188. The van der Waals surface area contributed by atoms with Gasteiger partial charge in [0, 0.05) is 17.2 Å². The molecule has 2 N–H and O–H groups in total. The molecule has 0 unspecified atom stereocenters. The molecule has 0 saturated heterocycles. The van der Waals surface area contributed by atoms with Gasteiger partial charge in [0.2, 0.25) is 10.0 Å². The zero-order chi connectivity index (χ0) is 16.7. The SMILES string of the molecule is O=C(O)Cc1ccc(SCCNS(=O)(=O)c2ccccc2)cc1. The quantitative estimate of drug-likeness (QED) is 0.563. The molecule has 23 heavy (non-hydrogen) atoms. The van der Waals surface area contributed by atoms with Gasteiger partial charge in [0.1, 0.15) is 0 Å². The summed E-state index contributed by atoms with van der Waals surface area (Å²) in [6.07, 6.45) is 0.00181. The number of thioether (sulfide) groups is 1. The predicted molar refractivity (Wildman–Crippen MR) is 90.1 cm³/mol. The van der Waals surface area contributed by atoms with Crippen molar-refractivity contribution in [1.82, 2.24) is 4.72 Å². The second kappa shape index (κ2) is 8.14. The first-order valence-electron chi connectivity index (χ1n) is 6.95. The molecule has 0 aliphatic carbocycles. The Hall–Kier alpha value is -1.83. The van der Waals surface area contributed by atoms with Gasteiger partial charge in [0.25, 0.3) is 0 Å². The van der Waals surface area contributed by atoms with Crippen molar-refractivity contribution in [3.63, 3.8) is 0 Å². The summed E-state index contributed by atoms with van der Waals surface area (Å²) in [7, 11) is -3.46. The number of carboxylic acids is 1. The first kappa shape index (κ1) is 17.5. The number of rotatable bonds is 8. The summed E-state index contributed by atoms with van der Waals surface area (Å²) in [6, 6.07) is 15.5. The Morgan fingerprint density at radius 2 is 1.70 bits per heavy atom. The Labute approximate surface area is 139 Å². The molecule has 0 aliphatic rings. The number of aliphatic carboxylic acids is 1. The Morgan fingerprint density at radius 3 is 2.30 bits per heavy atom. The molecule has 0 atom stereocenters. The van der Waals surface area contributed by atoms with Gasteiger partial charge in [-0.15, -0.1) is 11.8 Å². The van der Waals surface area contributed by atoms with Crippen LogP contribution in [0.3, 0.4) is 0 Å². The number of benzene rings is 2. The maximum atomic E-state index is 12.0. The molecule has 2 rings (SSSR count). The maximum Gasteiger partial charge on any atom is 0.307 e. The highest BCUT2D eigenvalue weighted by atomic mass is 32.2. The molecule has 0 heterocycles. The van der Waals surface area contributed by atoms with Gasteiger partial charge in [0.15, 0.2) is 0 Å². The number of hydrogen-bond acceptors (Lipinski definition) is 4. The van der Waals surface area contributed by atoms with E-state index in [1.807, 2.05) is 12.1 Å². The van der Waals surface area contributed by atoms with Gasteiger partial charge in [-0.2, -0.15) is 0 Å². The number of hydrogen-bond donors (Lipinski definition) is 2. The summed E-state index contributed by atoms with van der Waals surface area (Å²) in [5.41, 5.74) is 0.742. The van der Waals surface area contributed by atoms with E-state index < -0.39 is 16.0 Å². The molecule has 0 amide bonds. The van der Waals surface area contributed by atoms with Crippen molar-refractivity contribution in [2.24, 2.45) is 0 Å². The summed E-state index contributed by atoms with van der Waals surface area (Å²) in [5.74, 6) is -0.273. The average molecular weight is 351 g/mol. The lowest BCUT2D eigenvalue weighted by atomic mass is 10.2. The summed E-state index contributed by atoms with van der Waals surface area (Å²) < 4.78 is 26.6. The summed E-state index contributed by atoms with van der Waals surface area (Å²) in [6.45, 7) is 0.318. The molecule has 0 saturated carbocycles. The van der Waals surface area contributed by atoms with Crippen molar-refractivity contribution < 1.29 is 18.3 Å². The van der Waals surface area contributed by atoms with Crippen LogP contribution in [0.25, 0.3) is 0 Å². The zero-order valence-corrected chi connectivity index (χ0v) is 13.9. The number of nitrogens with one attached hydrogen (secondary N) is 1. The van der Waals surface area contributed by atoms with Crippen LogP contribution in [0, 0.1) is 0 Å². The normalized spacial score (nSPS) is 11.3. The minimum Gasteiger partial charge on any atom is -0.481 e. The fourth-order valence-corrected chi connectivity index (χ4v) is 3.86. The van der Waals surface area contributed by atoms with E-state index in [1.165, 1.54) is 11.8 Å². The van der Waals surface area contributed by atoms with Gasteiger partial charge in [-0.3, -0.25) is 4.79 Å². The summed E-state index contributed by atoms with van der Waals surface area (Å²) in [5, 5.41) is 8.71. The van der Waals surface area contributed by atoms with Crippen LogP contribution in [0.15, 0.2) is 64.4 Å². The first-order chi connectivity index (χ1) is 11.0. The largest absolute Gasteiger partial charge is 0.481 e. The van der Waals surface area contributed by atoms with Gasteiger partial charge in [-0.1, -0.05) is 30.3 Å². The summed E-state index contributed by atoms with van der Waals surface area (Å²) >= 11 is 1.51. The monoisotopic (exact) mass is 351 g/mol. The molecule has 0 aliphatic heterocycles. The number of carboxylic acid groups (broad SMARTS) is 1. The van der Waals surface area contributed by atoms with Crippen LogP contribution in [0.1, 0.15) is 5.56 Å². The third-order valence-corrected chi connectivity index (χ3v) is 5.49. The lowest BCUT2D eigenvalue weighted by Crippen LogP contribution is -2.25. The zero-order valence-electron chi connectivity index (χ0n) is 12.3. The molecule has 0 radical (unpaired) electrons. The Kier molecular flexibility index (Phi) is 6.20. The Balaban J connectivity index is 1.80. The fourth-order valence-electron chi connectivity index (χ4n) is 1.91. The molecule has 7 heteroatoms. The molecule has 2 aromatic carbocycles. The van der Waals surface area contributed by atoms with E-state index in [0.29, 0.717) is 12.3 Å². The van der Waals surface area contributed by atoms with Crippen LogP contribution in [-0.2, 0) is 21.2 Å². The average Bonchev–Trinajstić information content (AvgIpc) is 2.53. The number of sulfonamides is 1. The highest BCUT2D eigenvalue weighted by Gasteiger charge is 2.12. The Bertz CT molecular complexity index is 743. The van der Waals surface area contributed by atoms with Gasteiger partial charge >= 0.3 is 5.97 Å². The predicted octanol–water partition coefficient (Wildman–Crippen LogP) is 2.38. The molecule has 2 aromatic rings. The van der Waals surface area contributed by atoms with E-state index in [0.717, 1.165) is 10.5 Å². The first-order valence-corrected chi connectivity index (χ1v) is 9.42. The molecule has 5 nitrogen and oxygen atoms in total. The van der Waals surface area contributed by atoms with Crippen LogP contribution >= 0.6 is 11.8 Å². The van der Waals surface area contributed by atoms with Gasteiger partial charge in [-0.05, 0) is 29.8 Å². The van der Waals surface area contributed by atoms with E-state index in [4.69, 9.17) is 5.11 Å². The smallest absolute Gasteiger partial charge is 0.307 e. The lowest BCUT2D eigenvalue weighted by molar-refractivity contribution is -0.136. The molecule has 122 valence electrons. The van der Waals surface area contributed by atoms with Crippen molar-refractivity contribution in [2.75, 3.05) is 12.3 Å². The molecular weight excluding hydrogens is 334 g/mol. The van der Waals surface area contributed by atoms with Crippen molar-refractivity contribution in [3.05, 3.63) is 60.2 Å². The molecule has 0 bridgehead atoms. The van der Waals surface area contributed by atoms with Crippen molar-refractivity contribution in [2.45, 2.75) is 16.2 Å². The third kappa shape index (κ3) is 5.70. The third-order valence-electron chi connectivity index (χ3n) is 3.00. The van der Waals surface area contributed by atoms with Crippen LogP contribution in [-0.4, -0.2) is 31.8 Å². The second-order valence-electron chi connectivity index (χ2n) is 4.77. The molecule has 0 aromatic heterocycles. The van der Waals surface area contributed by atoms with Crippen molar-refractivity contribution >= 4 is 27.8 Å². The van der Waals surface area contributed by atoms with Crippen LogP contribution in [0.5, 0.6) is 0 Å². The minimum absolute atomic E-state index is 0.00181. The van der Waals surface area contributed by atoms with E-state index >= 15 is 0 Å². The van der Waals surface area contributed by atoms with Gasteiger partial charge in [0.05, 0.1) is 11.3 Å². The second-order valence-corrected chi connectivity index (χ2v) is 7.71. The highest BCUT2D eigenvalue weighted by Crippen LogP contribution is 2.18. The lowest BCUT2D eigenvalue weighted by Gasteiger charge is -2.07. The molecular formula is C16H17NO4S2. The summed E-state index contributed by atoms with van der Waals surface area (Å²) in [4.78, 5) is 11.8. The van der Waals surface area contributed by atoms with E-state index in [2.05, 4.69) is 4.72 Å². The van der Waals surface area contributed by atoms with Crippen LogP contribution in [0.2, 0.25) is 0 Å². The van der Waals surface area contributed by atoms with Crippen LogP contribution < -0.4 is 4.72 Å². The van der Waals surface area contributed by atoms with Gasteiger partial charge < -0.3 is 5.11 Å². The van der Waals surface area contributed by atoms with Crippen molar-refractivity contribution in [3.8, 4) is 0 Å². The number of carbonyl (C=O) groups is 1.